The molecule has 0 atom stereocenters. The third-order valence-electron chi connectivity index (χ3n) is 4.00. The van der Waals surface area contributed by atoms with Gasteiger partial charge in [-0.05, 0) is 19.4 Å². The highest BCUT2D eigenvalue weighted by Crippen LogP contribution is 2.46. The van der Waals surface area contributed by atoms with E-state index in [-0.39, 0.29) is 5.97 Å². The molecular weight excluding hydrogens is 248 g/mol. The van der Waals surface area contributed by atoms with Crippen molar-refractivity contribution in [1.82, 2.24) is 0 Å². The summed E-state index contributed by atoms with van der Waals surface area (Å²) in [5.41, 5.74) is 2.82. The smallest absolute Gasteiger partial charge is 0.335 e. The first-order valence-corrected chi connectivity index (χ1v) is 6.68. The summed E-state index contributed by atoms with van der Waals surface area (Å²) >= 11 is 0. The summed E-state index contributed by atoms with van der Waals surface area (Å²) < 4.78 is 5.83. The van der Waals surface area contributed by atoms with Gasteiger partial charge in [0.25, 0.3) is 0 Å². The Balaban J connectivity index is 2.29. The lowest BCUT2D eigenvalue weighted by Gasteiger charge is -2.31. The molecule has 2 aromatic rings. The molecule has 2 heteroatoms. The van der Waals surface area contributed by atoms with E-state index in [1.54, 1.807) is 0 Å². The summed E-state index contributed by atoms with van der Waals surface area (Å²) in [5.74, 6) is -0.241. The monoisotopic (exact) mass is 264 g/mol. The highest BCUT2D eigenvalue weighted by atomic mass is 16.6. The summed E-state index contributed by atoms with van der Waals surface area (Å²) in [7, 11) is 0. The fourth-order valence-corrected chi connectivity index (χ4v) is 2.77. The first kappa shape index (κ1) is 12.7. The summed E-state index contributed by atoms with van der Waals surface area (Å²) in [6.07, 6.45) is 0. The van der Waals surface area contributed by atoms with E-state index in [9.17, 15) is 4.79 Å². The fourth-order valence-electron chi connectivity index (χ4n) is 2.77. The molecule has 1 aliphatic heterocycles. The van der Waals surface area contributed by atoms with Gasteiger partial charge in [0.05, 0.1) is 0 Å². The minimum Gasteiger partial charge on any atom is -0.441 e. The maximum absolute atomic E-state index is 12.1. The average Bonchev–Trinajstić information content (AvgIpc) is 2.74. The Morgan fingerprint density at radius 1 is 0.800 bits per heavy atom. The third-order valence-corrected chi connectivity index (χ3v) is 4.00. The molecule has 0 bridgehead atoms. The summed E-state index contributed by atoms with van der Waals surface area (Å²) in [5, 5.41) is 0. The minimum atomic E-state index is -0.788. The van der Waals surface area contributed by atoms with E-state index in [0.29, 0.717) is 5.57 Å². The molecule has 0 fully saturated rings. The Morgan fingerprint density at radius 2 is 1.25 bits per heavy atom. The van der Waals surface area contributed by atoms with Gasteiger partial charge in [-0.3, -0.25) is 0 Å². The summed E-state index contributed by atoms with van der Waals surface area (Å²) in [6, 6.07) is 19.8. The number of ether oxygens (including phenoxy) is 1. The molecule has 0 spiro atoms. The Hall–Kier alpha value is -2.35. The van der Waals surface area contributed by atoms with Crippen LogP contribution in [-0.4, -0.2) is 5.97 Å². The van der Waals surface area contributed by atoms with Crippen LogP contribution in [0.25, 0.3) is 0 Å². The molecule has 0 amide bonds. The van der Waals surface area contributed by atoms with Crippen LogP contribution in [0.5, 0.6) is 0 Å². The number of hydrogen-bond acceptors (Lipinski definition) is 2. The van der Waals surface area contributed by atoms with Crippen molar-refractivity contribution in [1.29, 1.82) is 0 Å². The van der Waals surface area contributed by atoms with Gasteiger partial charge in [-0.25, -0.2) is 4.79 Å². The molecule has 100 valence electrons. The third kappa shape index (κ3) is 1.68. The molecule has 3 rings (SSSR count). The molecule has 20 heavy (non-hydrogen) atoms. The number of carbonyl (C=O) groups excluding carboxylic acids is 1. The van der Waals surface area contributed by atoms with Crippen LogP contribution in [0.4, 0.5) is 0 Å². The van der Waals surface area contributed by atoms with Gasteiger partial charge in [-0.2, -0.15) is 0 Å². The zero-order chi connectivity index (χ0) is 14.2. The standard InChI is InChI=1S/C18H16O2/c1-13-14(2)18(20-17(13)19,15-9-5-3-6-10-15)16-11-7-4-8-12-16/h3-12H,1-2H3. The van der Waals surface area contributed by atoms with Crippen LogP contribution in [-0.2, 0) is 15.1 Å². The van der Waals surface area contributed by atoms with E-state index in [2.05, 4.69) is 0 Å². The van der Waals surface area contributed by atoms with Crippen LogP contribution in [0.2, 0.25) is 0 Å². The van der Waals surface area contributed by atoms with Gasteiger partial charge in [0.2, 0.25) is 0 Å². The van der Waals surface area contributed by atoms with Crippen LogP contribution >= 0.6 is 0 Å². The SMILES string of the molecule is CC1=C(C)C(c2ccccc2)(c2ccccc2)OC1=O. The molecule has 0 aliphatic carbocycles. The Kier molecular flexibility index (Phi) is 2.94. The second-order valence-electron chi connectivity index (χ2n) is 5.05. The highest BCUT2D eigenvalue weighted by Gasteiger charge is 2.46. The van der Waals surface area contributed by atoms with Gasteiger partial charge in [-0.1, -0.05) is 60.7 Å². The second kappa shape index (κ2) is 4.64. The van der Waals surface area contributed by atoms with E-state index >= 15 is 0 Å². The minimum absolute atomic E-state index is 0.241. The molecule has 1 heterocycles. The fraction of sp³-hybridized carbons (Fsp3) is 0.167. The van der Waals surface area contributed by atoms with Crippen molar-refractivity contribution in [3.05, 3.63) is 82.9 Å². The first-order chi connectivity index (χ1) is 9.66. The van der Waals surface area contributed by atoms with Crippen molar-refractivity contribution in [2.75, 3.05) is 0 Å². The number of cyclic esters (lactones) is 1. The van der Waals surface area contributed by atoms with Crippen molar-refractivity contribution in [2.45, 2.75) is 19.4 Å². The topological polar surface area (TPSA) is 26.3 Å². The molecule has 0 aromatic heterocycles. The van der Waals surface area contributed by atoms with E-state index in [0.717, 1.165) is 16.7 Å². The van der Waals surface area contributed by atoms with E-state index in [1.807, 2.05) is 74.5 Å². The van der Waals surface area contributed by atoms with Crippen LogP contribution in [0.1, 0.15) is 25.0 Å². The average molecular weight is 264 g/mol. The zero-order valence-electron chi connectivity index (χ0n) is 11.6. The van der Waals surface area contributed by atoms with Crippen LogP contribution < -0.4 is 0 Å². The van der Waals surface area contributed by atoms with Gasteiger partial charge in [0.15, 0.2) is 5.60 Å². The maximum atomic E-state index is 12.1. The van der Waals surface area contributed by atoms with E-state index in [1.165, 1.54) is 0 Å². The van der Waals surface area contributed by atoms with Gasteiger partial charge in [-0.15, -0.1) is 0 Å². The molecular formula is C18H16O2. The van der Waals surface area contributed by atoms with Gasteiger partial charge < -0.3 is 4.74 Å². The normalized spacial score (nSPS) is 17.2. The lowest BCUT2D eigenvalue weighted by atomic mass is 9.80. The van der Waals surface area contributed by atoms with E-state index in [4.69, 9.17) is 4.74 Å². The molecule has 2 aromatic carbocycles. The molecule has 0 saturated carbocycles. The Labute approximate surface area is 118 Å². The highest BCUT2D eigenvalue weighted by molar-refractivity contribution is 5.93. The number of hydrogen-bond donors (Lipinski definition) is 0. The second-order valence-corrected chi connectivity index (χ2v) is 5.05. The maximum Gasteiger partial charge on any atom is 0.335 e. The van der Waals surface area contributed by atoms with Gasteiger partial charge >= 0.3 is 5.97 Å². The molecule has 2 nitrogen and oxygen atoms in total. The van der Waals surface area contributed by atoms with Crippen LogP contribution in [0.15, 0.2) is 71.8 Å². The van der Waals surface area contributed by atoms with Gasteiger partial charge in [0, 0.05) is 16.7 Å². The molecule has 0 N–H and O–H groups in total. The summed E-state index contributed by atoms with van der Waals surface area (Å²) in [6.45, 7) is 3.80. The van der Waals surface area contributed by atoms with Crippen LogP contribution in [0, 0.1) is 0 Å². The van der Waals surface area contributed by atoms with Gasteiger partial charge in [0.1, 0.15) is 0 Å². The number of rotatable bonds is 2. The number of esters is 1. The zero-order valence-corrected chi connectivity index (χ0v) is 11.6. The molecule has 0 saturated heterocycles. The summed E-state index contributed by atoms with van der Waals surface area (Å²) in [4.78, 5) is 12.1. The first-order valence-electron chi connectivity index (χ1n) is 6.68. The quantitative estimate of drug-likeness (QED) is 0.771. The van der Waals surface area contributed by atoms with E-state index < -0.39 is 5.60 Å². The molecule has 1 aliphatic rings. The van der Waals surface area contributed by atoms with Crippen molar-refractivity contribution >= 4 is 5.97 Å². The number of carbonyl (C=O) groups is 1. The number of benzene rings is 2. The predicted octanol–water partition coefficient (Wildman–Crippen LogP) is 3.82. The van der Waals surface area contributed by atoms with Crippen molar-refractivity contribution in [3.8, 4) is 0 Å². The lowest BCUT2D eigenvalue weighted by Crippen LogP contribution is -2.30. The predicted molar refractivity (Wildman–Crippen MR) is 78.1 cm³/mol. The molecule has 0 unspecified atom stereocenters. The molecule has 0 radical (unpaired) electrons. The van der Waals surface area contributed by atoms with Crippen molar-refractivity contribution in [3.63, 3.8) is 0 Å². The van der Waals surface area contributed by atoms with Crippen molar-refractivity contribution in [2.24, 2.45) is 0 Å². The largest absolute Gasteiger partial charge is 0.441 e. The lowest BCUT2D eigenvalue weighted by molar-refractivity contribution is -0.144. The Bertz CT molecular complexity index is 630. The van der Waals surface area contributed by atoms with Crippen molar-refractivity contribution < 1.29 is 9.53 Å². The Morgan fingerprint density at radius 3 is 1.60 bits per heavy atom. The van der Waals surface area contributed by atoms with Crippen LogP contribution in [0.3, 0.4) is 0 Å².